The monoisotopic (exact) mass is 350 g/mol. The molecular weight excluding hydrogens is 328 g/mol. The van der Waals surface area contributed by atoms with Crippen LogP contribution in [0.2, 0.25) is 0 Å². The minimum Gasteiger partial charge on any atom is -0.369 e. The average Bonchev–Trinajstić information content (AvgIpc) is 3.53. The summed E-state index contributed by atoms with van der Waals surface area (Å²) in [5, 5.41) is 8.50. The van der Waals surface area contributed by atoms with Crippen molar-refractivity contribution in [3.05, 3.63) is 47.7 Å². The maximum absolute atomic E-state index is 11.7. The number of carbonyl (C=O) groups is 1. The fraction of sp³-hybridized carbons (Fsp3) is 0.474. The summed E-state index contributed by atoms with van der Waals surface area (Å²) in [6, 6.07) is 4.26. The molecule has 0 saturated heterocycles. The van der Waals surface area contributed by atoms with Crippen molar-refractivity contribution in [1.82, 2.24) is 24.4 Å². The van der Waals surface area contributed by atoms with Gasteiger partial charge in [-0.15, -0.1) is 5.10 Å². The zero-order valence-electron chi connectivity index (χ0n) is 14.8. The molecule has 0 radical (unpaired) electrons. The third-order valence-electron chi connectivity index (χ3n) is 6.00. The molecule has 3 heterocycles. The average molecular weight is 350 g/mol. The van der Waals surface area contributed by atoms with Gasteiger partial charge in [0.15, 0.2) is 0 Å². The van der Waals surface area contributed by atoms with Gasteiger partial charge in [0.25, 0.3) is 0 Å². The van der Waals surface area contributed by atoms with Crippen molar-refractivity contribution in [2.45, 2.75) is 51.0 Å². The molecule has 0 unspecified atom stereocenters. The molecule has 2 saturated carbocycles. The first kappa shape index (κ1) is 15.5. The molecule has 5 rings (SSSR count). The van der Waals surface area contributed by atoms with Crippen molar-refractivity contribution in [2.24, 2.45) is 11.1 Å². The summed E-state index contributed by atoms with van der Waals surface area (Å²) in [4.78, 5) is 16.4. The highest BCUT2D eigenvalue weighted by Gasteiger charge is 2.53. The normalized spacial score (nSPS) is 19.6. The highest BCUT2D eigenvalue weighted by Crippen LogP contribution is 2.55. The molecule has 2 aliphatic rings. The van der Waals surface area contributed by atoms with Crippen LogP contribution >= 0.6 is 0 Å². The maximum atomic E-state index is 11.7. The predicted octanol–water partition coefficient (Wildman–Crippen LogP) is 2.22. The van der Waals surface area contributed by atoms with Gasteiger partial charge in [0, 0.05) is 24.5 Å². The van der Waals surface area contributed by atoms with Crippen LogP contribution in [0, 0.1) is 5.41 Å². The Hall–Kier alpha value is -2.70. The molecule has 0 aromatic carbocycles. The lowest BCUT2D eigenvalue weighted by Crippen LogP contribution is -2.29. The highest BCUT2D eigenvalue weighted by atomic mass is 16.1. The SMILES string of the molecule is C[C@H](c1cn(Cc2cn3cc(C4CC4)ccc3n2)nn1)C1(C(N)=O)CC1. The van der Waals surface area contributed by atoms with Gasteiger partial charge in [-0.2, -0.15) is 0 Å². The molecule has 1 atom stereocenters. The van der Waals surface area contributed by atoms with E-state index in [9.17, 15) is 4.79 Å². The first-order valence-corrected chi connectivity index (χ1v) is 9.23. The lowest BCUT2D eigenvalue weighted by atomic mass is 9.88. The number of rotatable bonds is 6. The molecule has 0 bridgehead atoms. The number of hydrogen-bond acceptors (Lipinski definition) is 4. The molecule has 2 aliphatic carbocycles. The van der Waals surface area contributed by atoms with E-state index in [0.29, 0.717) is 6.54 Å². The summed E-state index contributed by atoms with van der Waals surface area (Å²) in [6.07, 6.45) is 10.4. The number of primary amides is 1. The minimum atomic E-state index is -0.427. The van der Waals surface area contributed by atoms with Gasteiger partial charge in [-0.25, -0.2) is 9.67 Å². The van der Waals surface area contributed by atoms with E-state index in [0.717, 1.165) is 35.8 Å². The summed E-state index contributed by atoms with van der Waals surface area (Å²) >= 11 is 0. The first-order chi connectivity index (χ1) is 12.5. The molecule has 0 spiro atoms. The van der Waals surface area contributed by atoms with Gasteiger partial charge < -0.3 is 10.1 Å². The third kappa shape index (κ3) is 2.50. The molecule has 2 fully saturated rings. The van der Waals surface area contributed by atoms with Gasteiger partial charge in [-0.3, -0.25) is 4.79 Å². The maximum Gasteiger partial charge on any atom is 0.224 e. The fourth-order valence-corrected chi connectivity index (χ4v) is 3.86. The topological polar surface area (TPSA) is 91.1 Å². The zero-order chi connectivity index (χ0) is 17.9. The van der Waals surface area contributed by atoms with E-state index in [1.807, 2.05) is 13.1 Å². The molecule has 2 N–H and O–H groups in total. The lowest BCUT2D eigenvalue weighted by Gasteiger charge is -2.17. The van der Waals surface area contributed by atoms with Crippen LogP contribution in [0.3, 0.4) is 0 Å². The minimum absolute atomic E-state index is 0.00378. The molecular formula is C19H22N6O. The molecule has 0 aliphatic heterocycles. The number of pyridine rings is 1. The molecule has 134 valence electrons. The van der Waals surface area contributed by atoms with Crippen molar-refractivity contribution in [1.29, 1.82) is 0 Å². The smallest absolute Gasteiger partial charge is 0.224 e. The predicted molar refractivity (Wildman–Crippen MR) is 95.6 cm³/mol. The molecule has 7 heteroatoms. The van der Waals surface area contributed by atoms with Crippen molar-refractivity contribution in [2.75, 3.05) is 0 Å². The van der Waals surface area contributed by atoms with Crippen LogP contribution in [0.25, 0.3) is 5.65 Å². The van der Waals surface area contributed by atoms with Gasteiger partial charge in [0.1, 0.15) is 5.65 Å². The van der Waals surface area contributed by atoms with Crippen LogP contribution in [0.4, 0.5) is 0 Å². The Morgan fingerprint density at radius 2 is 2.12 bits per heavy atom. The molecule has 7 nitrogen and oxygen atoms in total. The number of fused-ring (bicyclic) bond motifs is 1. The molecule has 3 aromatic rings. The summed E-state index contributed by atoms with van der Waals surface area (Å²) < 4.78 is 3.88. The number of imidazole rings is 1. The van der Waals surface area contributed by atoms with Gasteiger partial charge >= 0.3 is 0 Å². The van der Waals surface area contributed by atoms with Crippen molar-refractivity contribution in [3.8, 4) is 0 Å². The molecule has 1 amide bonds. The summed E-state index contributed by atoms with van der Waals surface area (Å²) in [5.74, 6) is 0.492. The Morgan fingerprint density at radius 3 is 2.81 bits per heavy atom. The van der Waals surface area contributed by atoms with Gasteiger partial charge in [-0.05, 0) is 43.2 Å². The number of carbonyl (C=O) groups excluding carboxylic acids is 1. The summed E-state index contributed by atoms with van der Waals surface area (Å²) in [7, 11) is 0. The van der Waals surface area contributed by atoms with E-state index < -0.39 is 5.41 Å². The Morgan fingerprint density at radius 1 is 1.31 bits per heavy atom. The van der Waals surface area contributed by atoms with E-state index >= 15 is 0 Å². The lowest BCUT2D eigenvalue weighted by molar-refractivity contribution is -0.123. The number of hydrogen-bond donors (Lipinski definition) is 1. The van der Waals surface area contributed by atoms with Gasteiger partial charge in [0.2, 0.25) is 5.91 Å². The van der Waals surface area contributed by atoms with Crippen LogP contribution in [-0.4, -0.2) is 30.3 Å². The number of nitrogens with two attached hydrogens (primary N) is 1. The van der Waals surface area contributed by atoms with E-state index in [2.05, 4.69) is 44.2 Å². The number of nitrogens with zero attached hydrogens (tertiary/aromatic N) is 5. The third-order valence-corrected chi connectivity index (χ3v) is 6.00. The highest BCUT2D eigenvalue weighted by molar-refractivity contribution is 5.84. The standard InChI is InChI=1S/C19H22N6O/c1-12(19(6-7-19)18(20)26)16-11-25(23-22-16)10-15-9-24-8-14(13-2-3-13)4-5-17(24)21-15/h4-5,8-9,11-13H,2-3,6-7,10H2,1H3,(H2,20,26)/t12-/m1/s1. The Bertz CT molecular complexity index is 995. The van der Waals surface area contributed by atoms with E-state index in [1.54, 1.807) is 4.68 Å². The first-order valence-electron chi connectivity index (χ1n) is 9.23. The molecule has 3 aromatic heterocycles. The second kappa shape index (κ2) is 5.40. The Balaban J connectivity index is 1.36. The largest absolute Gasteiger partial charge is 0.369 e. The van der Waals surface area contributed by atoms with E-state index in [-0.39, 0.29) is 11.8 Å². The summed E-state index contributed by atoms with van der Waals surface area (Å²) in [5.41, 5.74) is 9.25. The van der Waals surface area contributed by atoms with Gasteiger partial charge in [-0.1, -0.05) is 18.2 Å². The summed E-state index contributed by atoms with van der Waals surface area (Å²) in [6.45, 7) is 2.57. The van der Waals surface area contributed by atoms with E-state index in [1.165, 1.54) is 18.4 Å². The number of amides is 1. The van der Waals surface area contributed by atoms with Crippen LogP contribution in [0.5, 0.6) is 0 Å². The Labute approximate surface area is 151 Å². The second-order valence-corrected chi connectivity index (χ2v) is 7.82. The van der Waals surface area contributed by atoms with Crippen LogP contribution in [0.1, 0.15) is 61.4 Å². The van der Waals surface area contributed by atoms with Crippen molar-refractivity contribution >= 4 is 11.6 Å². The zero-order valence-corrected chi connectivity index (χ0v) is 14.8. The molecule has 26 heavy (non-hydrogen) atoms. The van der Waals surface area contributed by atoms with Crippen molar-refractivity contribution < 1.29 is 4.79 Å². The Kier molecular flexibility index (Phi) is 3.23. The second-order valence-electron chi connectivity index (χ2n) is 7.82. The van der Waals surface area contributed by atoms with E-state index in [4.69, 9.17) is 5.73 Å². The van der Waals surface area contributed by atoms with Crippen LogP contribution in [0.15, 0.2) is 30.7 Å². The fourth-order valence-electron chi connectivity index (χ4n) is 3.86. The van der Waals surface area contributed by atoms with Gasteiger partial charge in [0.05, 0.1) is 23.3 Å². The van der Waals surface area contributed by atoms with Crippen LogP contribution < -0.4 is 5.73 Å². The van der Waals surface area contributed by atoms with Crippen LogP contribution in [-0.2, 0) is 11.3 Å². The number of aromatic nitrogens is 5. The quantitative estimate of drug-likeness (QED) is 0.738. The van der Waals surface area contributed by atoms with Crippen molar-refractivity contribution in [3.63, 3.8) is 0 Å².